The number of piperidine rings is 1. The van der Waals surface area contributed by atoms with Gasteiger partial charge in [-0.2, -0.15) is 4.31 Å². The number of carbonyl (C=O) groups is 1. The lowest BCUT2D eigenvalue weighted by atomic mass is 10.1. The van der Waals surface area contributed by atoms with Crippen LogP contribution in [0.25, 0.3) is 0 Å². The van der Waals surface area contributed by atoms with Gasteiger partial charge in [0, 0.05) is 12.6 Å². The van der Waals surface area contributed by atoms with Gasteiger partial charge in [0.05, 0.1) is 0 Å². The van der Waals surface area contributed by atoms with Gasteiger partial charge in [-0.05, 0) is 39.4 Å². The quantitative estimate of drug-likeness (QED) is 0.730. The van der Waals surface area contributed by atoms with Crippen molar-refractivity contribution in [1.82, 2.24) is 9.21 Å². The molecule has 0 aromatic rings. The van der Waals surface area contributed by atoms with Gasteiger partial charge in [0.15, 0.2) is 5.25 Å². The Hall–Kier alpha value is -0.660. The Bertz CT molecular complexity index is 401. The molecule has 6 nitrogen and oxygen atoms in total. The van der Waals surface area contributed by atoms with Crippen molar-refractivity contribution in [1.29, 1.82) is 0 Å². The molecule has 2 rings (SSSR count). The second kappa shape index (κ2) is 4.55. The zero-order chi connectivity index (χ0) is 12.6. The Morgan fingerprint density at radius 1 is 1.18 bits per heavy atom. The van der Waals surface area contributed by atoms with E-state index in [0.29, 0.717) is 6.54 Å². The summed E-state index contributed by atoms with van der Waals surface area (Å²) >= 11 is 0. The molecule has 17 heavy (non-hydrogen) atoms. The molecule has 0 saturated carbocycles. The van der Waals surface area contributed by atoms with Crippen LogP contribution in [0.2, 0.25) is 0 Å². The van der Waals surface area contributed by atoms with Crippen LogP contribution in [0.1, 0.15) is 19.3 Å². The van der Waals surface area contributed by atoms with Crippen LogP contribution in [0.3, 0.4) is 0 Å². The standard InChI is InChI=1S/C10H18N2O4S/c1-11-5-2-8(3-6-11)12-7-4-9(10(13)14)17(12,15)16/h8-9H,2-7H2,1H3,(H,13,14). The molecule has 2 saturated heterocycles. The van der Waals surface area contributed by atoms with Crippen LogP contribution < -0.4 is 0 Å². The number of aliphatic carboxylic acids is 1. The summed E-state index contributed by atoms with van der Waals surface area (Å²) in [6.07, 6.45) is 1.80. The van der Waals surface area contributed by atoms with Crippen molar-refractivity contribution < 1.29 is 18.3 Å². The minimum Gasteiger partial charge on any atom is -0.480 e. The topological polar surface area (TPSA) is 77.9 Å². The highest BCUT2D eigenvalue weighted by Crippen LogP contribution is 2.28. The highest BCUT2D eigenvalue weighted by molar-refractivity contribution is 7.90. The fourth-order valence-corrected chi connectivity index (χ4v) is 4.58. The van der Waals surface area contributed by atoms with Gasteiger partial charge in [0.2, 0.25) is 10.0 Å². The van der Waals surface area contributed by atoms with E-state index in [4.69, 9.17) is 5.11 Å². The minimum absolute atomic E-state index is 0.0134. The summed E-state index contributed by atoms with van der Waals surface area (Å²) in [5.41, 5.74) is 0. The number of hydrogen-bond acceptors (Lipinski definition) is 4. The molecule has 1 atom stereocenters. The molecule has 0 radical (unpaired) electrons. The van der Waals surface area contributed by atoms with E-state index >= 15 is 0 Å². The summed E-state index contributed by atoms with van der Waals surface area (Å²) in [6, 6.07) is -0.0134. The molecule has 2 aliphatic heterocycles. The Morgan fingerprint density at radius 3 is 2.24 bits per heavy atom. The molecule has 98 valence electrons. The number of hydrogen-bond donors (Lipinski definition) is 1. The Labute approximate surface area is 101 Å². The maximum absolute atomic E-state index is 12.0. The van der Waals surface area contributed by atoms with E-state index in [9.17, 15) is 13.2 Å². The third kappa shape index (κ3) is 2.31. The molecule has 2 heterocycles. The largest absolute Gasteiger partial charge is 0.480 e. The monoisotopic (exact) mass is 262 g/mol. The van der Waals surface area contributed by atoms with Crippen LogP contribution in [0.4, 0.5) is 0 Å². The van der Waals surface area contributed by atoms with Crippen LogP contribution >= 0.6 is 0 Å². The van der Waals surface area contributed by atoms with Gasteiger partial charge >= 0.3 is 5.97 Å². The Morgan fingerprint density at radius 2 is 1.76 bits per heavy atom. The van der Waals surface area contributed by atoms with Crippen molar-refractivity contribution in [2.24, 2.45) is 0 Å². The third-order valence-corrected chi connectivity index (χ3v) is 5.96. The van der Waals surface area contributed by atoms with E-state index in [0.717, 1.165) is 25.9 Å². The van der Waals surface area contributed by atoms with Gasteiger partial charge in [-0.3, -0.25) is 4.79 Å². The summed E-state index contributed by atoms with van der Waals surface area (Å²) in [5.74, 6) is -1.22. The summed E-state index contributed by atoms with van der Waals surface area (Å²) in [6.45, 7) is 2.09. The van der Waals surface area contributed by atoms with Gasteiger partial charge in [0.1, 0.15) is 0 Å². The SMILES string of the molecule is CN1CCC(N2CCC(C(=O)O)S2(=O)=O)CC1. The van der Waals surface area contributed by atoms with E-state index < -0.39 is 21.2 Å². The number of likely N-dealkylation sites (tertiary alicyclic amines) is 1. The molecule has 0 aromatic carbocycles. The smallest absolute Gasteiger partial charge is 0.323 e. The van der Waals surface area contributed by atoms with E-state index in [-0.39, 0.29) is 12.5 Å². The normalized spacial score (nSPS) is 31.7. The highest BCUT2D eigenvalue weighted by atomic mass is 32.2. The van der Waals surface area contributed by atoms with Crippen molar-refractivity contribution in [3.8, 4) is 0 Å². The Kier molecular flexibility index (Phi) is 3.42. The summed E-state index contributed by atoms with van der Waals surface area (Å²) in [7, 11) is -1.62. The fraction of sp³-hybridized carbons (Fsp3) is 0.900. The first-order valence-corrected chi connectivity index (χ1v) is 7.35. The Balaban J connectivity index is 2.11. The van der Waals surface area contributed by atoms with Crippen LogP contribution in [0.15, 0.2) is 0 Å². The van der Waals surface area contributed by atoms with Crippen LogP contribution in [0, 0.1) is 0 Å². The lowest BCUT2D eigenvalue weighted by molar-refractivity contribution is -0.136. The number of carboxylic acid groups (broad SMARTS) is 1. The molecule has 0 aliphatic carbocycles. The molecule has 7 heteroatoms. The number of rotatable bonds is 2. The lowest BCUT2D eigenvalue weighted by Crippen LogP contribution is -2.45. The number of nitrogens with zero attached hydrogens (tertiary/aromatic N) is 2. The van der Waals surface area contributed by atoms with Gasteiger partial charge in [-0.15, -0.1) is 0 Å². The molecule has 0 amide bonds. The highest BCUT2D eigenvalue weighted by Gasteiger charge is 2.46. The predicted molar refractivity (Wildman–Crippen MR) is 62.2 cm³/mol. The summed E-state index contributed by atoms with van der Waals surface area (Å²) in [5, 5.41) is 7.66. The second-order valence-electron chi connectivity index (χ2n) is 4.81. The maximum atomic E-state index is 12.0. The summed E-state index contributed by atoms with van der Waals surface area (Å²) < 4.78 is 25.5. The average molecular weight is 262 g/mol. The maximum Gasteiger partial charge on any atom is 0.323 e. The molecule has 2 fully saturated rings. The van der Waals surface area contributed by atoms with Gasteiger partial charge in [-0.25, -0.2) is 8.42 Å². The molecule has 0 bridgehead atoms. The van der Waals surface area contributed by atoms with E-state index in [1.807, 2.05) is 7.05 Å². The molecule has 1 unspecified atom stereocenters. The second-order valence-corrected chi connectivity index (χ2v) is 6.87. The summed E-state index contributed by atoms with van der Waals surface area (Å²) in [4.78, 5) is 13.0. The number of sulfonamides is 1. The number of carboxylic acids is 1. The van der Waals surface area contributed by atoms with Crippen LogP contribution in [-0.4, -0.2) is 66.7 Å². The van der Waals surface area contributed by atoms with Crippen LogP contribution in [-0.2, 0) is 14.8 Å². The lowest BCUT2D eigenvalue weighted by Gasteiger charge is -2.34. The van der Waals surface area contributed by atoms with Gasteiger partial charge < -0.3 is 10.0 Å². The van der Waals surface area contributed by atoms with Crippen LogP contribution in [0.5, 0.6) is 0 Å². The molecule has 2 aliphatic rings. The predicted octanol–water partition coefficient (Wildman–Crippen LogP) is -0.431. The van der Waals surface area contributed by atoms with Gasteiger partial charge in [0.25, 0.3) is 0 Å². The van der Waals surface area contributed by atoms with E-state index in [1.165, 1.54) is 4.31 Å². The zero-order valence-corrected chi connectivity index (χ0v) is 10.7. The first-order valence-electron chi connectivity index (χ1n) is 5.85. The van der Waals surface area contributed by atoms with Crippen molar-refractivity contribution >= 4 is 16.0 Å². The van der Waals surface area contributed by atoms with Crippen molar-refractivity contribution in [2.45, 2.75) is 30.6 Å². The molecule has 1 N–H and O–H groups in total. The third-order valence-electron chi connectivity index (χ3n) is 3.67. The zero-order valence-electron chi connectivity index (χ0n) is 9.87. The molecule has 0 aromatic heterocycles. The van der Waals surface area contributed by atoms with Gasteiger partial charge in [-0.1, -0.05) is 0 Å². The molecule has 0 spiro atoms. The molecular formula is C10H18N2O4S. The van der Waals surface area contributed by atoms with E-state index in [2.05, 4.69) is 4.90 Å². The molecular weight excluding hydrogens is 244 g/mol. The first kappa shape index (κ1) is 12.8. The first-order chi connectivity index (χ1) is 7.93. The van der Waals surface area contributed by atoms with E-state index in [1.54, 1.807) is 0 Å². The van der Waals surface area contributed by atoms with Crippen molar-refractivity contribution in [2.75, 3.05) is 26.7 Å². The fourth-order valence-electron chi connectivity index (χ4n) is 2.61. The van der Waals surface area contributed by atoms with Crippen molar-refractivity contribution in [3.05, 3.63) is 0 Å². The minimum atomic E-state index is -3.63. The average Bonchev–Trinajstić information content (AvgIpc) is 2.55. The van der Waals surface area contributed by atoms with Crippen molar-refractivity contribution in [3.63, 3.8) is 0 Å².